The van der Waals surface area contributed by atoms with Gasteiger partial charge < -0.3 is 14.2 Å². The van der Waals surface area contributed by atoms with Crippen LogP contribution < -0.4 is 10.1 Å². The Morgan fingerprint density at radius 3 is 2.80 bits per heavy atom. The van der Waals surface area contributed by atoms with E-state index >= 15 is 0 Å². The molecule has 2 heterocycles. The maximum atomic E-state index is 12.3. The van der Waals surface area contributed by atoms with Crippen molar-refractivity contribution < 1.29 is 28.6 Å². The summed E-state index contributed by atoms with van der Waals surface area (Å²) in [5.74, 6) is -0.623. The van der Waals surface area contributed by atoms with Crippen molar-refractivity contribution in [1.82, 2.24) is 5.32 Å². The minimum Gasteiger partial charge on any atom is -0.488 e. The molecule has 1 atom stereocenters. The third kappa shape index (κ3) is 3.48. The summed E-state index contributed by atoms with van der Waals surface area (Å²) in [6.07, 6.45) is -2.04. The molecule has 0 bridgehead atoms. The van der Waals surface area contributed by atoms with Gasteiger partial charge >= 0.3 is 12.1 Å². The largest absolute Gasteiger partial charge is 0.488 e. The zero-order valence-corrected chi connectivity index (χ0v) is 14.3. The number of hydrogen-bond donors (Lipinski definition) is 1. The van der Waals surface area contributed by atoms with Crippen LogP contribution >= 0.6 is 11.3 Å². The standard InChI is InChI=1S/C17H15NO6S/c1-9(15(19)18-17(21)22-2)24-16(20)13-7-10-8-23-12-6-4-3-5-11(12)14(10)25-13/h3-7,9H,8H2,1-2H3,(H,18,19,21)/t9-/m0/s1. The Bertz CT molecular complexity index is 843. The Morgan fingerprint density at radius 1 is 1.28 bits per heavy atom. The number of alkyl carbamates (subject to hydrolysis) is 1. The van der Waals surface area contributed by atoms with Crippen LogP contribution in [0.1, 0.15) is 22.2 Å². The van der Waals surface area contributed by atoms with Gasteiger partial charge in [0.15, 0.2) is 6.10 Å². The number of rotatable bonds is 3. The summed E-state index contributed by atoms with van der Waals surface area (Å²) in [5, 5.41) is 1.95. The summed E-state index contributed by atoms with van der Waals surface area (Å²) in [7, 11) is 1.13. The molecule has 0 saturated carbocycles. The number of ether oxygens (including phenoxy) is 3. The van der Waals surface area contributed by atoms with Crippen LogP contribution in [-0.4, -0.2) is 31.2 Å². The van der Waals surface area contributed by atoms with Crippen LogP contribution in [0.15, 0.2) is 30.3 Å². The second-order valence-corrected chi connectivity index (χ2v) is 6.33. The van der Waals surface area contributed by atoms with Crippen molar-refractivity contribution in [2.75, 3.05) is 7.11 Å². The lowest BCUT2D eigenvalue weighted by molar-refractivity contribution is -0.128. The zero-order chi connectivity index (χ0) is 18.0. The second kappa shape index (κ2) is 6.94. The lowest BCUT2D eigenvalue weighted by Gasteiger charge is -2.16. The average Bonchev–Trinajstić information content (AvgIpc) is 3.06. The maximum Gasteiger partial charge on any atom is 0.413 e. The van der Waals surface area contributed by atoms with Crippen LogP contribution in [0.5, 0.6) is 5.75 Å². The molecule has 3 rings (SSSR count). The molecule has 1 aliphatic rings. The Labute approximate surface area is 147 Å². The van der Waals surface area contributed by atoms with Crippen LogP contribution in [0.3, 0.4) is 0 Å². The van der Waals surface area contributed by atoms with E-state index in [0.29, 0.717) is 11.5 Å². The Hall–Kier alpha value is -2.87. The van der Waals surface area contributed by atoms with Gasteiger partial charge in [-0.1, -0.05) is 12.1 Å². The fourth-order valence-electron chi connectivity index (χ4n) is 2.33. The number of nitrogens with one attached hydrogen (secondary N) is 1. The summed E-state index contributed by atoms with van der Waals surface area (Å²) < 4.78 is 15.1. The average molecular weight is 361 g/mol. The van der Waals surface area contributed by atoms with Crippen molar-refractivity contribution in [3.8, 4) is 16.2 Å². The highest BCUT2D eigenvalue weighted by Gasteiger charge is 2.26. The van der Waals surface area contributed by atoms with E-state index < -0.39 is 24.1 Å². The number of esters is 1. The lowest BCUT2D eigenvalue weighted by atomic mass is 10.1. The van der Waals surface area contributed by atoms with E-state index in [1.165, 1.54) is 18.3 Å². The van der Waals surface area contributed by atoms with Crippen molar-refractivity contribution in [1.29, 1.82) is 0 Å². The van der Waals surface area contributed by atoms with E-state index in [9.17, 15) is 14.4 Å². The predicted octanol–water partition coefficient (Wildman–Crippen LogP) is 2.74. The van der Waals surface area contributed by atoms with Crippen molar-refractivity contribution >= 4 is 29.3 Å². The zero-order valence-electron chi connectivity index (χ0n) is 13.5. The molecule has 0 radical (unpaired) electrons. The summed E-state index contributed by atoms with van der Waals surface area (Å²) >= 11 is 1.28. The quantitative estimate of drug-likeness (QED) is 0.846. The topological polar surface area (TPSA) is 90.9 Å². The molecule has 0 fully saturated rings. The minimum atomic E-state index is -1.13. The molecule has 25 heavy (non-hydrogen) atoms. The molecule has 1 aromatic carbocycles. The molecule has 0 saturated heterocycles. The third-order valence-corrected chi connectivity index (χ3v) is 4.78. The first kappa shape index (κ1) is 17.0. The van der Waals surface area contributed by atoms with E-state index in [1.807, 2.05) is 29.6 Å². The molecule has 130 valence electrons. The van der Waals surface area contributed by atoms with Gasteiger partial charge in [0.1, 0.15) is 17.2 Å². The highest BCUT2D eigenvalue weighted by atomic mass is 32.1. The summed E-state index contributed by atoms with van der Waals surface area (Å²) in [6.45, 7) is 1.75. The molecule has 0 aliphatic carbocycles. The van der Waals surface area contributed by atoms with Gasteiger partial charge in [-0.25, -0.2) is 9.59 Å². The molecule has 0 unspecified atom stereocenters. The molecular formula is C17H15NO6S. The van der Waals surface area contributed by atoms with Crippen molar-refractivity contribution in [2.45, 2.75) is 19.6 Å². The highest BCUT2D eigenvalue weighted by Crippen LogP contribution is 2.42. The van der Waals surface area contributed by atoms with E-state index in [-0.39, 0.29) is 0 Å². The van der Waals surface area contributed by atoms with Crippen LogP contribution in [-0.2, 0) is 20.9 Å². The van der Waals surface area contributed by atoms with E-state index in [4.69, 9.17) is 9.47 Å². The molecule has 2 aromatic rings. The SMILES string of the molecule is COC(=O)NC(=O)[C@H](C)OC(=O)c1cc2c(s1)-c1ccccc1OC2. The Kier molecular flexibility index (Phi) is 4.71. The number of para-hydroxylation sites is 1. The number of benzene rings is 1. The summed E-state index contributed by atoms with van der Waals surface area (Å²) in [6, 6.07) is 9.27. The van der Waals surface area contributed by atoms with E-state index in [0.717, 1.165) is 28.9 Å². The first-order valence-corrected chi connectivity index (χ1v) is 8.26. The second-order valence-electron chi connectivity index (χ2n) is 5.28. The number of methoxy groups -OCH3 is 1. The molecule has 7 nitrogen and oxygen atoms in total. The molecule has 1 aromatic heterocycles. The number of hydrogen-bond acceptors (Lipinski definition) is 7. The first-order chi connectivity index (χ1) is 12.0. The molecule has 0 spiro atoms. The van der Waals surface area contributed by atoms with Crippen molar-refractivity contribution in [3.05, 3.63) is 40.8 Å². The van der Waals surface area contributed by atoms with Crippen LogP contribution in [0.2, 0.25) is 0 Å². The highest BCUT2D eigenvalue weighted by molar-refractivity contribution is 7.17. The van der Waals surface area contributed by atoms with Gasteiger partial charge in [-0.05, 0) is 25.1 Å². The molecular weight excluding hydrogens is 346 g/mol. The Balaban J connectivity index is 1.74. The number of fused-ring (bicyclic) bond motifs is 3. The van der Waals surface area contributed by atoms with Gasteiger partial charge in [-0.2, -0.15) is 0 Å². The third-order valence-electron chi connectivity index (χ3n) is 3.59. The van der Waals surface area contributed by atoms with Crippen molar-refractivity contribution in [3.63, 3.8) is 0 Å². The van der Waals surface area contributed by atoms with Gasteiger partial charge in [0.2, 0.25) is 0 Å². The fourth-order valence-corrected chi connectivity index (χ4v) is 3.41. The normalized spacial score (nSPS) is 12.9. The predicted molar refractivity (Wildman–Crippen MR) is 89.5 cm³/mol. The van der Waals surface area contributed by atoms with E-state index in [2.05, 4.69) is 4.74 Å². The lowest BCUT2D eigenvalue weighted by Crippen LogP contribution is -2.39. The van der Waals surface area contributed by atoms with Gasteiger partial charge in [0, 0.05) is 16.0 Å². The number of imide groups is 1. The van der Waals surface area contributed by atoms with Crippen LogP contribution in [0.25, 0.3) is 10.4 Å². The summed E-state index contributed by atoms with van der Waals surface area (Å²) in [4.78, 5) is 36.4. The summed E-state index contributed by atoms with van der Waals surface area (Å²) in [5.41, 5.74) is 1.81. The molecule has 1 N–H and O–H groups in total. The van der Waals surface area contributed by atoms with Crippen LogP contribution in [0, 0.1) is 0 Å². The first-order valence-electron chi connectivity index (χ1n) is 7.44. The monoisotopic (exact) mass is 361 g/mol. The fraction of sp³-hybridized carbons (Fsp3) is 0.235. The van der Waals surface area contributed by atoms with Gasteiger partial charge in [-0.3, -0.25) is 10.1 Å². The van der Waals surface area contributed by atoms with Gasteiger partial charge in [0.25, 0.3) is 5.91 Å². The van der Waals surface area contributed by atoms with Crippen molar-refractivity contribution in [2.24, 2.45) is 0 Å². The van der Waals surface area contributed by atoms with E-state index in [1.54, 1.807) is 6.07 Å². The maximum absolute atomic E-state index is 12.3. The molecule has 8 heteroatoms. The number of amides is 2. The number of carbonyl (C=O) groups is 3. The Morgan fingerprint density at radius 2 is 2.04 bits per heavy atom. The molecule has 2 amide bonds. The smallest absolute Gasteiger partial charge is 0.413 e. The molecule has 1 aliphatic heterocycles. The van der Waals surface area contributed by atoms with Gasteiger partial charge in [-0.15, -0.1) is 11.3 Å². The van der Waals surface area contributed by atoms with Gasteiger partial charge in [0.05, 0.1) is 7.11 Å². The number of thiophene rings is 1. The van der Waals surface area contributed by atoms with Crippen LogP contribution in [0.4, 0.5) is 4.79 Å². The number of carbonyl (C=O) groups excluding carboxylic acids is 3. The minimum absolute atomic E-state index is 0.364.